The first-order chi connectivity index (χ1) is 6.22. The molecule has 0 bridgehead atoms. The van der Waals surface area contributed by atoms with Gasteiger partial charge in [-0.2, -0.15) is 0 Å². The Balaban J connectivity index is 2.08. The molecule has 0 unspecified atom stereocenters. The van der Waals surface area contributed by atoms with Gasteiger partial charge in [0.15, 0.2) is 0 Å². The van der Waals surface area contributed by atoms with Crippen LogP contribution < -0.4 is 11.1 Å². The Labute approximate surface area is 78.5 Å². The van der Waals surface area contributed by atoms with E-state index in [9.17, 15) is 4.79 Å². The second-order valence-corrected chi connectivity index (χ2v) is 3.83. The van der Waals surface area contributed by atoms with Crippen LogP contribution in [0.2, 0.25) is 0 Å². The highest BCUT2D eigenvalue weighted by Gasteiger charge is 2.41. The standard InChI is InChI=1S/C9H18N2O2/c10-5-1-2-8(13)11-6-9(7-12)3-4-9/h12H,1-7,10H2,(H,11,13). The van der Waals surface area contributed by atoms with Gasteiger partial charge >= 0.3 is 0 Å². The molecule has 1 fully saturated rings. The molecule has 4 N–H and O–H groups in total. The Hall–Kier alpha value is -0.610. The molecule has 1 aliphatic carbocycles. The van der Waals surface area contributed by atoms with Gasteiger partial charge in [-0.05, 0) is 25.8 Å². The lowest BCUT2D eigenvalue weighted by Gasteiger charge is -2.12. The number of amides is 1. The highest BCUT2D eigenvalue weighted by atomic mass is 16.3. The summed E-state index contributed by atoms with van der Waals surface area (Å²) >= 11 is 0. The minimum Gasteiger partial charge on any atom is -0.396 e. The van der Waals surface area contributed by atoms with Crippen molar-refractivity contribution >= 4 is 5.91 Å². The molecule has 76 valence electrons. The van der Waals surface area contributed by atoms with E-state index in [1.54, 1.807) is 0 Å². The fourth-order valence-electron chi connectivity index (χ4n) is 1.20. The smallest absolute Gasteiger partial charge is 0.220 e. The number of carbonyl (C=O) groups excluding carboxylic acids is 1. The average Bonchev–Trinajstić information content (AvgIpc) is 2.92. The molecular weight excluding hydrogens is 168 g/mol. The summed E-state index contributed by atoms with van der Waals surface area (Å²) in [5.41, 5.74) is 5.29. The second kappa shape index (κ2) is 4.58. The molecule has 0 aromatic carbocycles. The molecule has 13 heavy (non-hydrogen) atoms. The van der Waals surface area contributed by atoms with Gasteiger partial charge < -0.3 is 16.2 Å². The zero-order valence-electron chi connectivity index (χ0n) is 7.88. The Morgan fingerprint density at radius 2 is 2.23 bits per heavy atom. The first kappa shape index (κ1) is 10.5. The maximum absolute atomic E-state index is 11.1. The van der Waals surface area contributed by atoms with Crippen LogP contribution in [0.3, 0.4) is 0 Å². The molecule has 0 aromatic rings. The van der Waals surface area contributed by atoms with Crippen molar-refractivity contribution in [2.45, 2.75) is 25.7 Å². The van der Waals surface area contributed by atoms with E-state index >= 15 is 0 Å². The lowest BCUT2D eigenvalue weighted by atomic mass is 10.1. The predicted molar refractivity (Wildman–Crippen MR) is 50.1 cm³/mol. The zero-order valence-corrected chi connectivity index (χ0v) is 7.88. The van der Waals surface area contributed by atoms with E-state index in [1.165, 1.54) is 0 Å². The SMILES string of the molecule is NCCCC(=O)NCC1(CO)CC1. The summed E-state index contributed by atoms with van der Waals surface area (Å²) in [6, 6.07) is 0. The highest BCUT2D eigenvalue weighted by molar-refractivity contribution is 5.75. The summed E-state index contributed by atoms with van der Waals surface area (Å²) in [5.74, 6) is 0.0465. The Kier molecular flexibility index (Phi) is 3.69. The monoisotopic (exact) mass is 186 g/mol. The highest BCUT2D eigenvalue weighted by Crippen LogP contribution is 2.44. The van der Waals surface area contributed by atoms with Crippen LogP contribution in [0, 0.1) is 5.41 Å². The second-order valence-electron chi connectivity index (χ2n) is 3.83. The quantitative estimate of drug-likeness (QED) is 0.529. The summed E-state index contributed by atoms with van der Waals surface area (Å²) in [6.07, 6.45) is 3.29. The van der Waals surface area contributed by atoms with E-state index in [0.717, 1.165) is 19.3 Å². The number of hydrogen-bond acceptors (Lipinski definition) is 3. The van der Waals surface area contributed by atoms with Crippen LogP contribution in [0.4, 0.5) is 0 Å². The van der Waals surface area contributed by atoms with Crippen LogP contribution >= 0.6 is 0 Å². The number of nitrogens with one attached hydrogen (secondary N) is 1. The van der Waals surface area contributed by atoms with E-state index in [4.69, 9.17) is 10.8 Å². The van der Waals surface area contributed by atoms with Crippen LogP contribution in [-0.2, 0) is 4.79 Å². The molecule has 1 rings (SSSR count). The number of hydrogen-bond donors (Lipinski definition) is 3. The number of aliphatic hydroxyl groups excluding tert-OH is 1. The Morgan fingerprint density at radius 3 is 2.69 bits per heavy atom. The number of carbonyl (C=O) groups is 1. The minimum absolute atomic E-state index is 0.0123. The lowest BCUT2D eigenvalue weighted by molar-refractivity contribution is -0.121. The van der Waals surface area contributed by atoms with Crippen molar-refractivity contribution in [1.29, 1.82) is 0 Å². The number of rotatable bonds is 6. The fraction of sp³-hybridized carbons (Fsp3) is 0.889. The third kappa shape index (κ3) is 3.32. The summed E-state index contributed by atoms with van der Waals surface area (Å²) in [5, 5.41) is 11.8. The average molecular weight is 186 g/mol. The van der Waals surface area contributed by atoms with Gasteiger partial charge in [-0.15, -0.1) is 0 Å². The first-order valence-corrected chi connectivity index (χ1v) is 4.80. The van der Waals surface area contributed by atoms with Gasteiger partial charge in [0.05, 0.1) is 6.61 Å². The van der Waals surface area contributed by atoms with Gasteiger partial charge in [0, 0.05) is 18.4 Å². The van der Waals surface area contributed by atoms with Crippen LogP contribution in [0.1, 0.15) is 25.7 Å². The van der Waals surface area contributed by atoms with E-state index in [1.807, 2.05) is 0 Å². The van der Waals surface area contributed by atoms with Crippen LogP contribution in [-0.4, -0.2) is 30.7 Å². The molecule has 1 saturated carbocycles. The fourth-order valence-corrected chi connectivity index (χ4v) is 1.20. The van der Waals surface area contributed by atoms with Gasteiger partial charge in [0.2, 0.25) is 5.91 Å². The molecule has 0 spiro atoms. The number of nitrogens with two attached hydrogens (primary N) is 1. The molecular formula is C9H18N2O2. The van der Waals surface area contributed by atoms with Gasteiger partial charge in [-0.1, -0.05) is 0 Å². The van der Waals surface area contributed by atoms with Crippen molar-refractivity contribution in [3.05, 3.63) is 0 Å². The van der Waals surface area contributed by atoms with Crippen LogP contribution in [0.25, 0.3) is 0 Å². The Morgan fingerprint density at radius 1 is 1.54 bits per heavy atom. The molecule has 1 amide bonds. The molecule has 0 heterocycles. The van der Waals surface area contributed by atoms with Crippen molar-refractivity contribution in [3.8, 4) is 0 Å². The molecule has 4 heteroatoms. The predicted octanol–water partition coefficient (Wildman–Crippen LogP) is -0.386. The van der Waals surface area contributed by atoms with E-state index < -0.39 is 0 Å². The van der Waals surface area contributed by atoms with Crippen LogP contribution in [0.5, 0.6) is 0 Å². The lowest BCUT2D eigenvalue weighted by Crippen LogP contribution is -2.31. The first-order valence-electron chi connectivity index (χ1n) is 4.80. The molecule has 0 aromatic heterocycles. The summed E-state index contributed by atoms with van der Waals surface area (Å²) in [4.78, 5) is 11.1. The van der Waals surface area contributed by atoms with Crippen molar-refractivity contribution in [2.75, 3.05) is 19.7 Å². The van der Waals surface area contributed by atoms with Crippen molar-refractivity contribution < 1.29 is 9.90 Å². The third-order valence-electron chi connectivity index (χ3n) is 2.56. The molecule has 0 atom stereocenters. The van der Waals surface area contributed by atoms with Gasteiger partial charge in [-0.25, -0.2) is 0 Å². The largest absolute Gasteiger partial charge is 0.396 e. The Bertz CT molecular complexity index is 178. The van der Waals surface area contributed by atoms with Crippen molar-refractivity contribution in [1.82, 2.24) is 5.32 Å². The summed E-state index contributed by atoms with van der Waals surface area (Å²) < 4.78 is 0. The van der Waals surface area contributed by atoms with Gasteiger partial charge in [-0.3, -0.25) is 4.79 Å². The van der Waals surface area contributed by atoms with Crippen molar-refractivity contribution in [3.63, 3.8) is 0 Å². The third-order valence-corrected chi connectivity index (χ3v) is 2.56. The molecule has 4 nitrogen and oxygen atoms in total. The topological polar surface area (TPSA) is 75.4 Å². The molecule has 0 aliphatic heterocycles. The maximum atomic E-state index is 11.1. The molecule has 0 saturated heterocycles. The van der Waals surface area contributed by atoms with E-state index in [-0.39, 0.29) is 17.9 Å². The number of aliphatic hydroxyl groups is 1. The van der Waals surface area contributed by atoms with E-state index in [0.29, 0.717) is 19.5 Å². The van der Waals surface area contributed by atoms with Gasteiger partial charge in [0.1, 0.15) is 0 Å². The minimum atomic E-state index is 0.0123. The van der Waals surface area contributed by atoms with Crippen LogP contribution in [0.15, 0.2) is 0 Å². The maximum Gasteiger partial charge on any atom is 0.220 e. The van der Waals surface area contributed by atoms with E-state index in [2.05, 4.69) is 5.32 Å². The van der Waals surface area contributed by atoms with Gasteiger partial charge in [0.25, 0.3) is 0 Å². The normalized spacial score (nSPS) is 18.3. The molecule has 0 radical (unpaired) electrons. The summed E-state index contributed by atoms with van der Waals surface area (Å²) in [6.45, 7) is 1.36. The summed E-state index contributed by atoms with van der Waals surface area (Å²) in [7, 11) is 0. The molecule has 1 aliphatic rings. The van der Waals surface area contributed by atoms with Crippen molar-refractivity contribution in [2.24, 2.45) is 11.1 Å². The zero-order chi connectivity index (χ0) is 9.73.